The van der Waals surface area contributed by atoms with Crippen molar-refractivity contribution in [2.45, 2.75) is 12.8 Å². The van der Waals surface area contributed by atoms with Gasteiger partial charge in [0.25, 0.3) is 0 Å². The van der Waals surface area contributed by atoms with Crippen LogP contribution in [-0.2, 0) is 19.2 Å². The van der Waals surface area contributed by atoms with Gasteiger partial charge in [0.05, 0.1) is 0 Å². The molecule has 0 aliphatic heterocycles. The Balaban J connectivity index is 2.33. The van der Waals surface area contributed by atoms with Crippen molar-refractivity contribution in [1.29, 1.82) is 0 Å². The van der Waals surface area contributed by atoms with E-state index in [9.17, 15) is 39.6 Å². The Hall–Kier alpha value is -3.94. The minimum Gasteiger partial charge on any atom is -0.480 e. The molecule has 0 bridgehead atoms. The molecule has 1 aliphatic rings. The van der Waals surface area contributed by atoms with Crippen LogP contribution in [0.15, 0.2) is 60.7 Å². The highest BCUT2D eigenvalue weighted by molar-refractivity contribution is 6.14. The molecule has 0 atom stereocenters. The summed E-state index contributed by atoms with van der Waals surface area (Å²) in [7, 11) is 0. The number of hydrogen-bond donors (Lipinski definition) is 4. The monoisotopic (exact) mass is 410 g/mol. The maximum Gasteiger partial charge on any atom is 0.325 e. The van der Waals surface area contributed by atoms with Gasteiger partial charge in [0.1, 0.15) is 0 Å². The Morgan fingerprint density at radius 1 is 0.667 bits per heavy atom. The fourth-order valence-electron chi connectivity index (χ4n) is 3.89. The summed E-state index contributed by atoms with van der Waals surface area (Å²) in [5, 5.41) is 39.0. The van der Waals surface area contributed by atoms with Crippen LogP contribution in [-0.4, -0.2) is 44.3 Å². The average molecular weight is 410 g/mol. The first-order chi connectivity index (χ1) is 14.2. The number of carboxylic acid groups (broad SMARTS) is 4. The quantitative estimate of drug-likeness (QED) is 0.531. The second-order valence-electron chi connectivity index (χ2n) is 7.12. The predicted octanol–water partition coefficient (Wildman–Crippen LogP) is 2.84. The third-order valence-corrected chi connectivity index (χ3v) is 5.53. The van der Waals surface area contributed by atoms with E-state index < -0.39 is 47.5 Å². The molecule has 0 heterocycles. The zero-order valence-electron chi connectivity index (χ0n) is 15.6. The zero-order valence-corrected chi connectivity index (χ0v) is 15.6. The van der Waals surface area contributed by atoms with Crippen LogP contribution in [0, 0.1) is 10.8 Å². The smallest absolute Gasteiger partial charge is 0.325 e. The van der Waals surface area contributed by atoms with E-state index in [1.165, 1.54) is 0 Å². The summed E-state index contributed by atoms with van der Waals surface area (Å²) in [6.07, 6.45) is -0.543. The minimum absolute atomic E-state index is 0.139. The van der Waals surface area contributed by atoms with Gasteiger partial charge in [-0.3, -0.25) is 19.2 Å². The van der Waals surface area contributed by atoms with Gasteiger partial charge in [-0.05, 0) is 28.7 Å². The second-order valence-corrected chi connectivity index (χ2v) is 7.12. The molecule has 8 nitrogen and oxygen atoms in total. The van der Waals surface area contributed by atoms with Crippen molar-refractivity contribution in [2.24, 2.45) is 10.8 Å². The number of benzene rings is 2. The van der Waals surface area contributed by atoms with E-state index in [0.29, 0.717) is 11.1 Å². The van der Waals surface area contributed by atoms with E-state index >= 15 is 0 Å². The SMILES string of the molecule is O=C(O)C1(C(=O)O)CC=C(c2ccccc2-c2ccccc2)C(C(=O)O)(C(=O)O)C1. The number of allylic oxidation sites excluding steroid dienone is 1. The van der Waals surface area contributed by atoms with E-state index in [4.69, 9.17) is 0 Å². The summed E-state index contributed by atoms with van der Waals surface area (Å²) in [5.41, 5.74) is -3.92. The van der Waals surface area contributed by atoms with E-state index in [0.717, 1.165) is 6.08 Å². The van der Waals surface area contributed by atoms with Crippen molar-refractivity contribution in [3.05, 3.63) is 66.2 Å². The molecule has 0 spiro atoms. The van der Waals surface area contributed by atoms with E-state index in [-0.39, 0.29) is 11.1 Å². The molecule has 2 aromatic carbocycles. The van der Waals surface area contributed by atoms with Crippen LogP contribution >= 0.6 is 0 Å². The molecule has 0 saturated carbocycles. The first kappa shape index (κ1) is 20.8. The fraction of sp³-hybridized carbons (Fsp3) is 0.182. The zero-order chi connectivity index (χ0) is 22.1. The number of carbonyl (C=O) groups is 4. The van der Waals surface area contributed by atoms with E-state index in [1.807, 2.05) is 0 Å². The first-order valence-electron chi connectivity index (χ1n) is 8.96. The number of hydrogen-bond acceptors (Lipinski definition) is 4. The number of carboxylic acids is 4. The van der Waals surface area contributed by atoms with Gasteiger partial charge < -0.3 is 20.4 Å². The molecule has 30 heavy (non-hydrogen) atoms. The maximum absolute atomic E-state index is 12.3. The molecule has 0 aromatic heterocycles. The molecule has 154 valence electrons. The molecular weight excluding hydrogens is 392 g/mol. The lowest BCUT2D eigenvalue weighted by Gasteiger charge is -2.39. The van der Waals surface area contributed by atoms with Crippen molar-refractivity contribution < 1.29 is 39.6 Å². The van der Waals surface area contributed by atoms with Gasteiger partial charge in [-0.2, -0.15) is 0 Å². The Labute approximate surface area is 170 Å². The Morgan fingerprint density at radius 2 is 1.17 bits per heavy atom. The van der Waals surface area contributed by atoms with Gasteiger partial charge in [-0.15, -0.1) is 0 Å². The van der Waals surface area contributed by atoms with E-state index in [2.05, 4.69) is 0 Å². The largest absolute Gasteiger partial charge is 0.480 e. The normalized spacial score (nSPS) is 16.9. The molecule has 1 aliphatic carbocycles. The predicted molar refractivity (Wildman–Crippen MR) is 104 cm³/mol. The molecule has 0 fully saturated rings. The lowest BCUT2D eigenvalue weighted by atomic mass is 9.60. The van der Waals surface area contributed by atoms with Crippen LogP contribution in [0.3, 0.4) is 0 Å². The Morgan fingerprint density at radius 3 is 1.67 bits per heavy atom. The number of rotatable bonds is 6. The van der Waals surface area contributed by atoms with Gasteiger partial charge in [0.15, 0.2) is 10.8 Å². The third-order valence-electron chi connectivity index (χ3n) is 5.53. The summed E-state index contributed by atoms with van der Waals surface area (Å²) in [6.45, 7) is 0. The summed E-state index contributed by atoms with van der Waals surface area (Å²) < 4.78 is 0. The van der Waals surface area contributed by atoms with Crippen molar-refractivity contribution >= 4 is 29.5 Å². The average Bonchev–Trinajstić information content (AvgIpc) is 2.73. The van der Waals surface area contributed by atoms with Gasteiger partial charge in [0.2, 0.25) is 0 Å². The molecule has 4 N–H and O–H groups in total. The van der Waals surface area contributed by atoms with Gasteiger partial charge in [-0.1, -0.05) is 60.7 Å². The highest BCUT2D eigenvalue weighted by Gasteiger charge is 2.63. The number of aliphatic carboxylic acids is 4. The van der Waals surface area contributed by atoms with Gasteiger partial charge in [0, 0.05) is 6.42 Å². The lowest BCUT2D eigenvalue weighted by Crippen LogP contribution is -2.52. The standard InChI is InChI=1S/C22H18O8/c23-17(24)21(18(25)26)11-10-16(22(12-21,19(27)28)20(29)30)15-9-5-4-8-14(15)13-6-2-1-3-7-13/h1-10H,11-12H2,(H,23,24)(H,25,26)(H,27,28)(H,29,30). The molecule has 3 rings (SSSR count). The summed E-state index contributed by atoms with van der Waals surface area (Å²) in [6, 6.07) is 15.4. The molecule has 8 heteroatoms. The summed E-state index contributed by atoms with van der Waals surface area (Å²) in [5.74, 6) is -7.21. The highest BCUT2D eigenvalue weighted by atomic mass is 16.4. The van der Waals surface area contributed by atoms with Crippen molar-refractivity contribution in [1.82, 2.24) is 0 Å². The summed E-state index contributed by atoms with van der Waals surface area (Å²) >= 11 is 0. The molecule has 0 radical (unpaired) electrons. The van der Waals surface area contributed by atoms with Crippen molar-refractivity contribution in [3.8, 4) is 11.1 Å². The topological polar surface area (TPSA) is 149 Å². The molecule has 2 aromatic rings. The Bertz CT molecular complexity index is 1040. The van der Waals surface area contributed by atoms with Crippen LogP contribution in [0.25, 0.3) is 16.7 Å². The molecule has 0 saturated heterocycles. The van der Waals surface area contributed by atoms with Gasteiger partial charge >= 0.3 is 23.9 Å². The van der Waals surface area contributed by atoms with Gasteiger partial charge in [-0.25, -0.2) is 0 Å². The minimum atomic E-state index is -2.75. The van der Waals surface area contributed by atoms with Crippen LogP contribution in [0.2, 0.25) is 0 Å². The third kappa shape index (κ3) is 3.02. The van der Waals surface area contributed by atoms with Crippen LogP contribution in [0.1, 0.15) is 18.4 Å². The van der Waals surface area contributed by atoms with E-state index in [1.54, 1.807) is 54.6 Å². The fourth-order valence-corrected chi connectivity index (χ4v) is 3.89. The Kier molecular flexibility index (Phi) is 5.18. The molecule has 0 amide bonds. The lowest BCUT2D eigenvalue weighted by molar-refractivity contribution is -0.172. The van der Waals surface area contributed by atoms with Crippen molar-refractivity contribution in [3.63, 3.8) is 0 Å². The second kappa shape index (κ2) is 7.47. The first-order valence-corrected chi connectivity index (χ1v) is 8.96. The molecular formula is C22H18O8. The van der Waals surface area contributed by atoms with Crippen LogP contribution in [0.5, 0.6) is 0 Å². The van der Waals surface area contributed by atoms with Crippen molar-refractivity contribution in [2.75, 3.05) is 0 Å². The van der Waals surface area contributed by atoms with Crippen LogP contribution in [0.4, 0.5) is 0 Å². The summed E-state index contributed by atoms with van der Waals surface area (Å²) in [4.78, 5) is 48.1. The molecule has 0 unspecified atom stereocenters. The highest BCUT2D eigenvalue weighted by Crippen LogP contribution is 2.52. The van der Waals surface area contributed by atoms with Crippen LogP contribution < -0.4 is 0 Å². The maximum atomic E-state index is 12.3.